The molecular formula is C21H26N4O2. The maximum Gasteiger partial charge on any atom is 0.257 e. The third kappa shape index (κ3) is 3.36. The summed E-state index contributed by atoms with van der Waals surface area (Å²) in [6.45, 7) is 2.99. The molecule has 0 unspecified atom stereocenters. The zero-order valence-corrected chi connectivity index (χ0v) is 15.9. The number of carbonyl (C=O) groups excluding carboxylic acids is 2. The number of fused-ring (bicyclic) bond motifs is 2. The molecule has 27 heavy (non-hydrogen) atoms. The number of amides is 2. The van der Waals surface area contributed by atoms with Gasteiger partial charge in [0.2, 0.25) is 5.91 Å². The van der Waals surface area contributed by atoms with E-state index in [4.69, 9.17) is 0 Å². The lowest BCUT2D eigenvalue weighted by Crippen LogP contribution is -2.34. The van der Waals surface area contributed by atoms with Crippen molar-refractivity contribution in [3.8, 4) is 0 Å². The molecule has 6 heteroatoms. The van der Waals surface area contributed by atoms with Gasteiger partial charge in [-0.25, -0.2) is 0 Å². The molecule has 0 saturated heterocycles. The van der Waals surface area contributed by atoms with Crippen molar-refractivity contribution in [3.05, 3.63) is 52.8 Å². The molecule has 1 aliphatic heterocycles. The van der Waals surface area contributed by atoms with Gasteiger partial charge in [0.25, 0.3) is 5.91 Å². The van der Waals surface area contributed by atoms with Crippen molar-refractivity contribution in [2.75, 3.05) is 13.6 Å². The van der Waals surface area contributed by atoms with Crippen molar-refractivity contribution in [1.29, 1.82) is 0 Å². The van der Waals surface area contributed by atoms with Crippen LogP contribution in [0, 0.1) is 5.92 Å². The lowest BCUT2D eigenvalue weighted by Gasteiger charge is -2.27. The third-order valence-electron chi connectivity index (χ3n) is 5.94. The Bertz CT molecular complexity index is 873. The molecule has 2 aliphatic rings. The molecule has 4 rings (SSSR count). The summed E-state index contributed by atoms with van der Waals surface area (Å²) >= 11 is 0. The molecule has 2 amide bonds. The molecule has 6 nitrogen and oxygen atoms in total. The SMILES string of the molecule is CC(=O)NC[C@@H]1CCn2ncc(C(=O)N(C)[C@H]3CCc4ccccc43)c2C1. The molecule has 2 heterocycles. The topological polar surface area (TPSA) is 67.2 Å². The maximum atomic E-state index is 13.3. The van der Waals surface area contributed by atoms with Gasteiger partial charge in [0.05, 0.1) is 23.5 Å². The highest BCUT2D eigenvalue weighted by Crippen LogP contribution is 2.36. The molecule has 2 aromatic rings. The Balaban J connectivity index is 1.52. The van der Waals surface area contributed by atoms with Gasteiger partial charge in [-0.1, -0.05) is 24.3 Å². The van der Waals surface area contributed by atoms with Crippen LogP contribution >= 0.6 is 0 Å². The molecule has 0 spiro atoms. The van der Waals surface area contributed by atoms with E-state index in [9.17, 15) is 9.59 Å². The highest BCUT2D eigenvalue weighted by molar-refractivity contribution is 5.95. The summed E-state index contributed by atoms with van der Waals surface area (Å²) < 4.78 is 1.95. The van der Waals surface area contributed by atoms with Gasteiger partial charge in [0, 0.05) is 27.1 Å². The minimum Gasteiger partial charge on any atom is -0.356 e. The first-order valence-corrected chi connectivity index (χ1v) is 9.68. The molecule has 0 radical (unpaired) electrons. The monoisotopic (exact) mass is 366 g/mol. The Kier molecular flexibility index (Phi) is 4.72. The van der Waals surface area contributed by atoms with Crippen molar-refractivity contribution in [2.24, 2.45) is 5.92 Å². The number of hydrogen-bond acceptors (Lipinski definition) is 3. The van der Waals surface area contributed by atoms with Crippen LogP contribution in [0.15, 0.2) is 30.5 Å². The molecule has 1 aliphatic carbocycles. The van der Waals surface area contributed by atoms with Crippen LogP contribution in [0.1, 0.15) is 53.0 Å². The summed E-state index contributed by atoms with van der Waals surface area (Å²) in [5.74, 6) is 0.380. The number of hydrogen-bond donors (Lipinski definition) is 1. The standard InChI is InChI=1S/C21H26N4O2/c1-14(26)22-12-15-9-10-25-20(11-15)18(13-23-25)21(27)24(2)19-8-7-16-5-3-4-6-17(16)19/h3-6,13,15,19H,7-12H2,1-2H3,(H,22,26)/t15-,19+/m1/s1. The van der Waals surface area contributed by atoms with E-state index in [0.29, 0.717) is 18.0 Å². The molecule has 142 valence electrons. The Labute approximate surface area is 159 Å². The van der Waals surface area contributed by atoms with Gasteiger partial charge in [-0.3, -0.25) is 14.3 Å². The molecule has 1 aromatic carbocycles. The number of aromatic nitrogens is 2. The first-order chi connectivity index (χ1) is 13.0. The van der Waals surface area contributed by atoms with Crippen LogP contribution in [-0.4, -0.2) is 40.1 Å². The second-order valence-corrected chi connectivity index (χ2v) is 7.69. The van der Waals surface area contributed by atoms with Gasteiger partial charge in [0.1, 0.15) is 0 Å². The molecule has 0 bridgehead atoms. The van der Waals surface area contributed by atoms with Gasteiger partial charge in [-0.05, 0) is 42.7 Å². The van der Waals surface area contributed by atoms with Crippen molar-refractivity contribution >= 4 is 11.8 Å². The molecule has 1 aromatic heterocycles. The Morgan fingerprint density at radius 3 is 2.93 bits per heavy atom. The van der Waals surface area contributed by atoms with Crippen LogP contribution in [-0.2, 0) is 24.2 Å². The number of carbonyl (C=O) groups is 2. The number of nitrogens with zero attached hydrogens (tertiary/aromatic N) is 3. The van der Waals surface area contributed by atoms with Gasteiger partial charge >= 0.3 is 0 Å². The van der Waals surface area contributed by atoms with Crippen molar-refractivity contribution in [1.82, 2.24) is 20.0 Å². The van der Waals surface area contributed by atoms with Crippen molar-refractivity contribution < 1.29 is 9.59 Å². The fraction of sp³-hybridized carbons (Fsp3) is 0.476. The third-order valence-corrected chi connectivity index (χ3v) is 5.94. The Morgan fingerprint density at radius 2 is 2.11 bits per heavy atom. The first kappa shape index (κ1) is 17.8. The lowest BCUT2D eigenvalue weighted by molar-refractivity contribution is -0.119. The predicted molar refractivity (Wildman–Crippen MR) is 102 cm³/mol. The summed E-state index contributed by atoms with van der Waals surface area (Å²) in [7, 11) is 1.90. The van der Waals surface area contributed by atoms with E-state index in [2.05, 4.69) is 28.6 Å². The normalized spacial score (nSPS) is 20.7. The number of nitrogens with one attached hydrogen (secondary N) is 1. The van der Waals surface area contributed by atoms with Crippen LogP contribution in [0.4, 0.5) is 0 Å². The second kappa shape index (κ2) is 7.18. The van der Waals surface area contributed by atoms with E-state index >= 15 is 0 Å². The largest absolute Gasteiger partial charge is 0.356 e. The van der Waals surface area contributed by atoms with Crippen molar-refractivity contribution in [2.45, 2.75) is 45.2 Å². The Hall–Kier alpha value is -2.63. The minimum atomic E-state index is -0.00925. The van der Waals surface area contributed by atoms with Crippen LogP contribution in [0.5, 0.6) is 0 Å². The van der Waals surface area contributed by atoms with E-state index in [1.807, 2.05) is 22.7 Å². The average molecular weight is 366 g/mol. The fourth-order valence-corrected chi connectivity index (χ4v) is 4.41. The molecule has 1 N–H and O–H groups in total. The predicted octanol–water partition coefficient (Wildman–Crippen LogP) is 2.34. The summed E-state index contributed by atoms with van der Waals surface area (Å²) in [6, 6.07) is 8.52. The van der Waals surface area contributed by atoms with Crippen LogP contribution in [0.2, 0.25) is 0 Å². The number of rotatable bonds is 4. The van der Waals surface area contributed by atoms with E-state index in [1.54, 1.807) is 6.20 Å². The highest BCUT2D eigenvalue weighted by atomic mass is 16.2. The summed E-state index contributed by atoms with van der Waals surface area (Å²) in [4.78, 5) is 26.3. The van der Waals surface area contributed by atoms with E-state index in [-0.39, 0.29) is 17.9 Å². The van der Waals surface area contributed by atoms with Gasteiger partial charge in [-0.15, -0.1) is 0 Å². The van der Waals surface area contributed by atoms with Crippen molar-refractivity contribution in [3.63, 3.8) is 0 Å². The zero-order valence-electron chi connectivity index (χ0n) is 15.9. The average Bonchev–Trinajstić information content (AvgIpc) is 3.29. The quantitative estimate of drug-likeness (QED) is 0.903. The van der Waals surface area contributed by atoms with Crippen LogP contribution < -0.4 is 5.32 Å². The van der Waals surface area contributed by atoms with Crippen LogP contribution in [0.25, 0.3) is 0 Å². The highest BCUT2D eigenvalue weighted by Gasteiger charge is 2.32. The molecule has 0 saturated carbocycles. The van der Waals surface area contributed by atoms with Gasteiger partial charge in [0.15, 0.2) is 0 Å². The zero-order chi connectivity index (χ0) is 19.0. The smallest absolute Gasteiger partial charge is 0.257 e. The fourth-order valence-electron chi connectivity index (χ4n) is 4.41. The molecular weight excluding hydrogens is 340 g/mol. The number of benzene rings is 1. The second-order valence-electron chi connectivity index (χ2n) is 7.69. The lowest BCUT2D eigenvalue weighted by atomic mass is 9.94. The van der Waals surface area contributed by atoms with Gasteiger partial charge < -0.3 is 10.2 Å². The number of aryl methyl sites for hydroxylation is 2. The van der Waals surface area contributed by atoms with E-state index < -0.39 is 0 Å². The summed E-state index contributed by atoms with van der Waals surface area (Å²) in [5, 5.41) is 7.34. The van der Waals surface area contributed by atoms with Gasteiger partial charge in [-0.2, -0.15) is 5.10 Å². The van der Waals surface area contributed by atoms with E-state index in [1.165, 1.54) is 18.1 Å². The minimum absolute atomic E-state index is 0.00925. The molecule has 2 atom stereocenters. The van der Waals surface area contributed by atoms with Crippen LogP contribution in [0.3, 0.4) is 0 Å². The first-order valence-electron chi connectivity index (χ1n) is 9.68. The summed E-state index contributed by atoms with van der Waals surface area (Å²) in [5.41, 5.74) is 4.31. The Morgan fingerprint density at radius 1 is 1.30 bits per heavy atom. The van der Waals surface area contributed by atoms with E-state index in [0.717, 1.165) is 37.9 Å². The maximum absolute atomic E-state index is 13.3. The summed E-state index contributed by atoms with van der Waals surface area (Å²) in [6.07, 6.45) is 5.44. The molecule has 0 fully saturated rings.